The summed E-state index contributed by atoms with van der Waals surface area (Å²) in [5.74, 6) is 1.67. The monoisotopic (exact) mass is 156 g/mol. The summed E-state index contributed by atoms with van der Waals surface area (Å²) in [5.41, 5.74) is 0. The van der Waals surface area contributed by atoms with Crippen LogP contribution in [0.3, 0.4) is 0 Å². The molecule has 0 saturated carbocycles. The molecule has 1 heterocycles. The number of allylic oxidation sites excluding steroid dienone is 1. The van der Waals surface area contributed by atoms with E-state index in [1.807, 2.05) is 0 Å². The quantitative estimate of drug-likeness (QED) is 0.392. The van der Waals surface area contributed by atoms with Gasteiger partial charge in [0.15, 0.2) is 0 Å². The lowest BCUT2D eigenvalue weighted by atomic mass is 9.85. The number of hydrogen-bond acceptors (Lipinski definition) is 4. The van der Waals surface area contributed by atoms with E-state index in [1.54, 1.807) is 12.0 Å². The normalized spacial score (nSPS) is 23.0. The highest BCUT2D eigenvalue weighted by Crippen LogP contribution is 2.28. The Morgan fingerprint density at radius 2 is 2.40 bits per heavy atom. The zero-order valence-electron chi connectivity index (χ0n) is 5.02. The van der Waals surface area contributed by atoms with Gasteiger partial charge in [-0.3, -0.25) is 0 Å². The van der Waals surface area contributed by atoms with Crippen LogP contribution in [0.1, 0.15) is 0 Å². The molecule has 0 bridgehead atoms. The van der Waals surface area contributed by atoms with E-state index in [1.165, 1.54) is 6.08 Å². The summed E-state index contributed by atoms with van der Waals surface area (Å²) in [6, 6.07) is 0. The molecule has 0 aromatic rings. The topological polar surface area (TPSA) is 57.5 Å². The van der Waals surface area contributed by atoms with Gasteiger partial charge in [0.2, 0.25) is 0 Å². The molecule has 0 aromatic heterocycles. The molecule has 0 spiro atoms. The van der Waals surface area contributed by atoms with E-state index in [0.29, 0.717) is 4.91 Å². The van der Waals surface area contributed by atoms with Crippen molar-refractivity contribution in [3.63, 3.8) is 0 Å². The van der Waals surface area contributed by atoms with Crippen LogP contribution in [0.5, 0.6) is 0 Å². The fraction of sp³-hybridized carbons (Fsp3) is 0.200. The fourth-order valence-electron chi connectivity index (χ4n) is 0.626. The summed E-state index contributed by atoms with van der Waals surface area (Å²) in [6.45, 7) is 0. The first-order chi connectivity index (χ1) is 4.74. The van der Waals surface area contributed by atoms with Gasteiger partial charge in [0.25, 0.3) is 0 Å². The summed E-state index contributed by atoms with van der Waals surface area (Å²) in [5, 5.41) is 16.8. The molecule has 0 aromatic carbocycles. The Kier molecular flexibility index (Phi) is 2.35. The van der Waals surface area contributed by atoms with Crippen molar-refractivity contribution >= 4 is 24.8 Å². The molecule has 52 valence electrons. The predicted octanol–water partition coefficient (Wildman–Crippen LogP) is -0.615. The van der Waals surface area contributed by atoms with E-state index in [2.05, 4.69) is 0 Å². The van der Waals surface area contributed by atoms with E-state index in [9.17, 15) is 4.79 Å². The number of carbonyl (C=O) groups excluding carboxylic acids is 1. The average molecular weight is 156 g/mol. The molecule has 0 saturated heterocycles. The van der Waals surface area contributed by atoms with Crippen LogP contribution in [-0.2, 0) is 4.79 Å². The maximum absolute atomic E-state index is 9.98. The Balaban J connectivity index is 2.62. The van der Waals surface area contributed by atoms with Crippen LogP contribution in [0.15, 0.2) is 17.1 Å². The molecule has 1 aliphatic heterocycles. The second-order valence-corrected chi connectivity index (χ2v) is 3.04. The van der Waals surface area contributed by atoms with E-state index in [4.69, 9.17) is 10.0 Å². The lowest BCUT2D eigenvalue weighted by Crippen LogP contribution is -2.24. The minimum Gasteiger partial charge on any atom is -0.426 e. The largest absolute Gasteiger partial charge is 0.469 e. The van der Waals surface area contributed by atoms with Gasteiger partial charge in [0, 0.05) is 0 Å². The van der Waals surface area contributed by atoms with Crippen LogP contribution in [0.25, 0.3) is 0 Å². The van der Waals surface area contributed by atoms with E-state index >= 15 is 0 Å². The molecule has 5 heteroatoms. The van der Waals surface area contributed by atoms with Crippen LogP contribution in [0, 0.1) is 0 Å². The predicted molar refractivity (Wildman–Crippen MR) is 39.9 cm³/mol. The van der Waals surface area contributed by atoms with Gasteiger partial charge in [-0.1, -0.05) is 6.08 Å². The third kappa shape index (κ3) is 1.52. The number of thioether (sulfide) groups is 1. The average Bonchev–Trinajstić information content (AvgIpc) is 2.34. The molecule has 2 N–H and O–H groups in total. The van der Waals surface area contributed by atoms with Crippen molar-refractivity contribution in [1.29, 1.82) is 0 Å². The molecule has 0 aliphatic carbocycles. The van der Waals surface area contributed by atoms with Gasteiger partial charge >= 0.3 is 7.12 Å². The third-order valence-corrected chi connectivity index (χ3v) is 2.24. The Hall–Kier alpha value is -0.475. The Morgan fingerprint density at radius 3 is 2.70 bits per heavy atom. The van der Waals surface area contributed by atoms with Gasteiger partial charge in [-0.25, -0.2) is 4.79 Å². The highest BCUT2D eigenvalue weighted by Gasteiger charge is 2.26. The van der Waals surface area contributed by atoms with Crippen LogP contribution in [0.4, 0.5) is 0 Å². The lowest BCUT2D eigenvalue weighted by molar-refractivity contribution is 0.409. The van der Waals surface area contributed by atoms with Gasteiger partial charge in [-0.2, -0.15) is 0 Å². The third-order valence-electron chi connectivity index (χ3n) is 1.09. The second kappa shape index (κ2) is 3.08. The van der Waals surface area contributed by atoms with Gasteiger partial charge in [0.05, 0.1) is 10.1 Å². The molecule has 1 unspecified atom stereocenters. The summed E-state index contributed by atoms with van der Waals surface area (Å²) >= 11 is 1.10. The molecule has 0 radical (unpaired) electrons. The van der Waals surface area contributed by atoms with Crippen molar-refractivity contribution in [2.45, 2.75) is 5.15 Å². The summed E-state index contributed by atoms with van der Waals surface area (Å²) < 4.78 is 0. The maximum atomic E-state index is 9.98. The highest BCUT2D eigenvalue weighted by atomic mass is 32.2. The zero-order chi connectivity index (χ0) is 7.56. The lowest BCUT2D eigenvalue weighted by Gasteiger charge is -2.01. The van der Waals surface area contributed by atoms with Crippen LogP contribution < -0.4 is 0 Å². The van der Waals surface area contributed by atoms with E-state index in [0.717, 1.165) is 11.8 Å². The SMILES string of the molecule is O=C=C1C=CC(B(O)O)S1. The summed E-state index contributed by atoms with van der Waals surface area (Å²) in [6.07, 6.45) is 3.09. The fourth-order valence-corrected chi connectivity index (χ4v) is 1.40. The standard InChI is InChI=1S/C5H5BO3S/c7-3-4-1-2-5(10-4)6(8)9/h1-2,5,8-9H. The summed E-state index contributed by atoms with van der Waals surface area (Å²) in [7, 11) is -1.40. The van der Waals surface area contributed by atoms with Crippen LogP contribution in [0.2, 0.25) is 0 Å². The van der Waals surface area contributed by atoms with Crippen molar-refractivity contribution in [3.05, 3.63) is 17.1 Å². The first-order valence-electron chi connectivity index (χ1n) is 2.70. The Morgan fingerprint density at radius 1 is 1.70 bits per heavy atom. The first kappa shape index (κ1) is 7.63. The van der Waals surface area contributed by atoms with Crippen molar-refractivity contribution < 1.29 is 14.8 Å². The molecule has 1 atom stereocenters. The minimum atomic E-state index is -1.40. The van der Waals surface area contributed by atoms with E-state index < -0.39 is 12.3 Å². The Labute approximate surface area is 62.6 Å². The molecule has 3 nitrogen and oxygen atoms in total. The highest BCUT2D eigenvalue weighted by molar-refractivity contribution is 8.05. The smallest absolute Gasteiger partial charge is 0.426 e. The van der Waals surface area contributed by atoms with Gasteiger partial charge in [-0.05, 0) is 6.08 Å². The van der Waals surface area contributed by atoms with E-state index in [-0.39, 0.29) is 0 Å². The molecule has 0 fully saturated rings. The Bertz CT molecular complexity index is 207. The van der Waals surface area contributed by atoms with Crippen LogP contribution >= 0.6 is 11.8 Å². The summed E-state index contributed by atoms with van der Waals surface area (Å²) in [4.78, 5) is 10.4. The second-order valence-electron chi connectivity index (χ2n) is 1.82. The molecule has 10 heavy (non-hydrogen) atoms. The molecule has 0 amide bonds. The zero-order valence-corrected chi connectivity index (χ0v) is 5.84. The molecular formula is C5H5BO3S. The molecule has 1 rings (SSSR count). The van der Waals surface area contributed by atoms with Crippen molar-refractivity contribution in [1.82, 2.24) is 0 Å². The number of rotatable bonds is 1. The van der Waals surface area contributed by atoms with Crippen molar-refractivity contribution in [2.24, 2.45) is 0 Å². The molecular weight excluding hydrogens is 151 g/mol. The van der Waals surface area contributed by atoms with Crippen LogP contribution in [-0.4, -0.2) is 28.3 Å². The van der Waals surface area contributed by atoms with Crippen molar-refractivity contribution in [2.75, 3.05) is 0 Å². The van der Waals surface area contributed by atoms with Gasteiger partial charge in [-0.15, -0.1) is 11.8 Å². The number of hydrogen-bond donors (Lipinski definition) is 2. The van der Waals surface area contributed by atoms with Gasteiger partial charge in [0.1, 0.15) is 5.94 Å². The van der Waals surface area contributed by atoms with Gasteiger partial charge < -0.3 is 10.0 Å². The molecule has 1 aliphatic rings. The van der Waals surface area contributed by atoms with Crippen molar-refractivity contribution in [3.8, 4) is 0 Å². The maximum Gasteiger partial charge on any atom is 0.469 e. The minimum absolute atomic E-state index is 0.406. The first-order valence-corrected chi connectivity index (χ1v) is 3.58.